The van der Waals surface area contributed by atoms with Crippen molar-refractivity contribution in [1.82, 2.24) is 14.5 Å². The maximum absolute atomic E-state index is 12.8. The largest absolute Gasteiger partial charge is 0.374 e. The lowest BCUT2D eigenvalue weighted by atomic mass is 10.1. The number of morpholine rings is 1. The number of carbonyl (C=O) groups is 1. The highest BCUT2D eigenvalue weighted by Crippen LogP contribution is 2.30. The van der Waals surface area contributed by atoms with Crippen LogP contribution in [-0.2, 0) is 16.1 Å². The average molecular weight is 347 g/mol. The molecular weight excluding hydrogens is 326 g/mol. The van der Waals surface area contributed by atoms with Gasteiger partial charge in [-0.1, -0.05) is 0 Å². The molecule has 24 heavy (non-hydrogen) atoms. The summed E-state index contributed by atoms with van der Waals surface area (Å²) in [5, 5.41) is 0.647. The predicted molar refractivity (Wildman–Crippen MR) is 92.4 cm³/mol. The lowest BCUT2D eigenvalue weighted by molar-refractivity contribution is -0.144. The molecule has 2 atom stereocenters. The zero-order valence-electron chi connectivity index (χ0n) is 13.9. The van der Waals surface area contributed by atoms with Crippen molar-refractivity contribution in [3.63, 3.8) is 0 Å². The van der Waals surface area contributed by atoms with Crippen molar-refractivity contribution >= 4 is 27.5 Å². The number of thiophene rings is 1. The quantitative estimate of drug-likeness (QED) is 0.832. The van der Waals surface area contributed by atoms with E-state index in [-0.39, 0.29) is 30.2 Å². The molecule has 3 heterocycles. The van der Waals surface area contributed by atoms with E-state index < -0.39 is 0 Å². The Kier molecular flexibility index (Phi) is 3.92. The van der Waals surface area contributed by atoms with E-state index in [4.69, 9.17) is 4.74 Å². The van der Waals surface area contributed by atoms with E-state index in [1.54, 1.807) is 0 Å². The Morgan fingerprint density at radius 1 is 1.42 bits per heavy atom. The molecule has 1 saturated heterocycles. The van der Waals surface area contributed by atoms with Gasteiger partial charge in [-0.15, -0.1) is 11.3 Å². The zero-order chi connectivity index (χ0) is 16.8. The Morgan fingerprint density at radius 2 is 2.25 bits per heavy atom. The van der Waals surface area contributed by atoms with E-state index in [1.165, 1.54) is 22.2 Å². The van der Waals surface area contributed by atoms with Gasteiger partial charge in [0.25, 0.3) is 5.56 Å². The molecular formula is C17H21N3O3S. The molecule has 1 saturated carbocycles. The number of hydrogen-bond donors (Lipinski definition) is 0. The first kappa shape index (κ1) is 15.8. The minimum Gasteiger partial charge on any atom is -0.374 e. The molecule has 1 aliphatic carbocycles. The number of amides is 1. The van der Waals surface area contributed by atoms with Crippen LogP contribution in [0.5, 0.6) is 0 Å². The van der Waals surface area contributed by atoms with Gasteiger partial charge >= 0.3 is 0 Å². The van der Waals surface area contributed by atoms with Crippen LogP contribution in [0.1, 0.15) is 29.7 Å². The van der Waals surface area contributed by atoms with Crippen LogP contribution in [0, 0.1) is 13.8 Å². The third-order valence-corrected chi connectivity index (χ3v) is 6.38. The van der Waals surface area contributed by atoms with E-state index in [0.29, 0.717) is 18.5 Å². The number of aromatic nitrogens is 2. The van der Waals surface area contributed by atoms with Gasteiger partial charge in [-0.2, -0.15) is 0 Å². The minimum atomic E-state index is -0.119. The maximum atomic E-state index is 12.8. The summed E-state index contributed by atoms with van der Waals surface area (Å²) < 4.78 is 7.21. The van der Waals surface area contributed by atoms with E-state index in [9.17, 15) is 9.59 Å². The molecule has 2 aromatic heterocycles. The van der Waals surface area contributed by atoms with Gasteiger partial charge in [0, 0.05) is 11.4 Å². The van der Waals surface area contributed by atoms with Crippen molar-refractivity contribution in [3.05, 3.63) is 27.1 Å². The number of hydrogen-bond acceptors (Lipinski definition) is 5. The number of carbonyl (C=O) groups excluding carboxylic acids is 1. The summed E-state index contributed by atoms with van der Waals surface area (Å²) >= 11 is 1.52. The van der Waals surface area contributed by atoms with Gasteiger partial charge in [0.05, 0.1) is 30.5 Å². The summed E-state index contributed by atoms with van der Waals surface area (Å²) in [5.74, 6) is -0.0111. The topological polar surface area (TPSA) is 64.4 Å². The van der Waals surface area contributed by atoms with Crippen LogP contribution in [0.15, 0.2) is 11.1 Å². The Labute approximate surface area is 144 Å². The van der Waals surface area contributed by atoms with Crippen molar-refractivity contribution in [3.8, 4) is 0 Å². The first-order valence-corrected chi connectivity index (χ1v) is 9.24. The molecule has 6 nitrogen and oxygen atoms in total. The summed E-state index contributed by atoms with van der Waals surface area (Å²) in [6, 6.07) is 0.170. The van der Waals surface area contributed by atoms with Gasteiger partial charge in [-0.3, -0.25) is 14.2 Å². The Bertz CT molecular complexity index is 857. The fraction of sp³-hybridized carbons (Fsp3) is 0.588. The number of fused-ring (bicyclic) bond motifs is 2. The van der Waals surface area contributed by atoms with Crippen LogP contribution < -0.4 is 5.56 Å². The van der Waals surface area contributed by atoms with Crippen LogP contribution in [0.2, 0.25) is 0 Å². The molecule has 7 heteroatoms. The number of nitrogens with zero attached hydrogens (tertiary/aromatic N) is 3. The molecule has 0 spiro atoms. The predicted octanol–water partition coefficient (Wildman–Crippen LogP) is 1.85. The Morgan fingerprint density at radius 3 is 3.08 bits per heavy atom. The molecule has 2 unspecified atom stereocenters. The first-order valence-electron chi connectivity index (χ1n) is 8.42. The second kappa shape index (κ2) is 5.97. The van der Waals surface area contributed by atoms with E-state index in [2.05, 4.69) is 4.98 Å². The third-order valence-electron chi connectivity index (χ3n) is 5.26. The molecule has 0 N–H and O–H groups in total. The number of aryl methyl sites for hydroxylation is 2. The minimum absolute atomic E-state index is 0.0111. The van der Waals surface area contributed by atoms with Gasteiger partial charge in [-0.05, 0) is 38.7 Å². The van der Waals surface area contributed by atoms with Crippen LogP contribution in [-0.4, -0.2) is 45.7 Å². The molecule has 2 fully saturated rings. The second-order valence-corrected chi connectivity index (χ2v) is 7.84. The molecule has 2 aliphatic rings. The highest BCUT2D eigenvalue weighted by atomic mass is 32.1. The molecule has 2 aromatic rings. The van der Waals surface area contributed by atoms with Crippen molar-refractivity contribution in [2.45, 2.75) is 51.8 Å². The summed E-state index contributed by atoms with van der Waals surface area (Å²) in [4.78, 5) is 33.6. The molecule has 1 amide bonds. The van der Waals surface area contributed by atoms with Crippen LogP contribution in [0.4, 0.5) is 0 Å². The Balaban J connectivity index is 1.62. The van der Waals surface area contributed by atoms with E-state index in [0.717, 1.165) is 34.5 Å². The molecule has 0 bridgehead atoms. The van der Waals surface area contributed by atoms with Crippen molar-refractivity contribution in [1.29, 1.82) is 0 Å². The highest BCUT2D eigenvalue weighted by molar-refractivity contribution is 7.18. The molecule has 4 rings (SSSR count). The van der Waals surface area contributed by atoms with Crippen LogP contribution in [0.25, 0.3) is 10.2 Å². The SMILES string of the molecule is Cc1sc2ncn(CC(=O)N3CCOC4CCCC43)c(=O)c2c1C. The van der Waals surface area contributed by atoms with Crippen molar-refractivity contribution < 1.29 is 9.53 Å². The van der Waals surface area contributed by atoms with Gasteiger partial charge in [0.2, 0.25) is 5.91 Å². The standard InChI is InChI=1S/C17H21N3O3S/c1-10-11(2)24-16-15(10)17(22)19(9-18-16)8-14(21)20-6-7-23-13-5-3-4-12(13)20/h9,12-13H,3-8H2,1-2H3. The van der Waals surface area contributed by atoms with Gasteiger partial charge in [0.1, 0.15) is 11.4 Å². The van der Waals surface area contributed by atoms with Crippen molar-refractivity contribution in [2.24, 2.45) is 0 Å². The first-order chi connectivity index (χ1) is 11.6. The summed E-state index contributed by atoms with van der Waals surface area (Å²) in [6.45, 7) is 5.18. The van der Waals surface area contributed by atoms with Gasteiger partial charge < -0.3 is 9.64 Å². The molecule has 128 valence electrons. The van der Waals surface area contributed by atoms with E-state index in [1.807, 2.05) is 18.7 Å². The van der Waals surface area contributed by atoms with E-state index >= 15 is 0 Å². The third kappa shape index (κ3) is 2.46. The summed E-state index contributed by atoms with van der Waals surface area (Å²) in [7, 11) is 0. The van der Waals surface area contributed by atoms with Crippen LogP contribution >= 0.6 is 11.3 Å². The molecule has 1 aliphatic heterocycles. The lowest BCUT2D eigenvalue weighted by Gasteiger charge is -2.37. The number of rotatable bonds is 2. The van der Waals surface area contributed by atoms with Gasteiger partial charge in [-0.25, -0.2) is 4.98 Å². The molecule has 0 radical (unpaired) electrons. The Hall–Kier alpha value is -1.73. The average Bonchev–Trinajstić information content (AvgIpc) is 3.15. The molecule has 0 aromatic carbocycles. The highest BCUT2D eigenvalue weighted by Gasteiger charge is 2.38. The lowest BCUT2D eigenvalue weighted by Crippen LogP contribution is -2.52. The maximum Gasteiger partial charge on any atom is 0.262 e. The summed E-state index contributed by atoms with van der Waals surface area (Å²) in [6.07, 6.45) is 4.78. The monoisotopic (exact) mass is 347 g/mol. The van der Waals surface area contributed by atoms with Crippen molar-refractivity contribution in [2.75, 3.05) is 13.2 Å². The fourth-order valence-electron chi connectivity index (χ4n) is 3.85. The normalized spacial score (nSPS) is 23.7. The summed E-state index contributed by atoms with van der Waals surface area (Å²) in [5.41, 5.74) is 0.850. The van der Waals surface area contributed by atoms with Gasteiger partial charge in [0.15, 0.2) is 0 Å². The number of ether oxygens (including phenoxy) is 1. The van der Waals surface area contributed by atoms with Crippen LogP contribution in [0.3, 0.4) is 0 Å². The zero-order valence-corrected chi connectivity index (χ0v) is 14.8. The smallest absolute Gasteiger partial charge is 0.262 e. The fourth-order valence-corrected chi connectivity index (χ4v) is 4.84. The second-order valence-electron chi connectivity index (χ2n) is 6.64.